The number of nitrogen functional groups attached to an aromatic ring is 1. The maximum atomic E-state index is 12.4. The molecule has 1 heterocycles. The van der Waals surface area contributed by atoms with Gasteiger partial charge in [-0.25, -0.2) is 8.42 Å². The Hall–Kier alpha value is -1.27. The monoisotopic (exact) mass is 311 g/mol. The van der Waals surface area contributed by atoms with Crippen molar-refractivity contribution in [2.45, 2.75) is 20.8 Å². The molecule has 118 valence electrons. The van der Waals surface area contributed by atoms with Crippen LogP contribution in [0.5, 0.6) is 0 Å². The molecule has 6 heteroatoms. The summed E-state index contributed by atoms with van der Waals surface area (Å²) in [6.07, 6.45) is 0. The van der Waals surface area contributed by atoms with Gasteiger partial charge in [0.2, 0.25) is 10.0 Å². The number of piperazine rings is 1. The fourth-order valence-corrected chi connectivity index (χ4v) is 4.62. The van der Waals surface area contributed by atoms with Gasteiger partial charge < -0.3 is 10.6 Å². The first-order valence-electron chi connectivity index (χ1n) is 7.26. The molecule has 0 spiro atoms. The molecule has 0 saturated carbocycles. The summed E-state index contributed by atoms with van der Waals surface area (Å²) in [5.41, 5.74) is 7.49. The standard InChI is InChI=1S/C15H25N3O2S/c1-15(2,3)12-21(19,20)18-10-8-17(9-11-18)14-7-5-4-6-13(14)16/h4-7H,8-12,16H2,1-3H3. The Balaban J connectivity index is 2.02. The van der Waals surface area contributed by atoms with Gasteiger partial charge in [-0.05, 0) is 17.5 Å². The van der Waals surface area contributed by atoms with Crippen LogP contribution in [-0.4, -0.2) is 44.7 Å². The lowest BCUT2D eigenvalue weighted by Crippen LogP contribution is -2.50. The van der Waals surface area contributed by atoms with E-state index < -0.39 is 10.0 Å². The molecule has 1 aromatic carbocycles. The predicted molar refractivity (Wildman–Crippen MR) is 87.9 cm³/mol. The summed E-state index contributed by atoms with van der Waals surface area (Å²) in [5.74, 6) is 0.188. The van der Waals surface area contributed by atoms with Crippen molar-refractivity contribution >= 4 is 21.4 Å². The maximum absolute atomic E-state index is 12.4. The minimum Gasteiger partial charge on any atom is -0.397 e. The third-order valence-electron chi connectivity index (χ3n) is 3.52. The highest BCUT2D eigenvalue weighted by atomic mass is 32.2. The molecule has 1 aliphatic heterocycles. The molecule has 2 N–H and O–H groups in total. The average Bonchev–Trinajstić information content (AvgIpc) is 2.37. The van der Waals surface area contributed by atoms with Gasteiger partial charge in [0, 0.05) is 26.2 Å². The molecular formula is C15H25N3O2S. The van der Waals surface area contributed by atoms with E-state index in [1.54, 1.807) is 4.31 Å². The number of hydrogen-bond acceptors (Lipinski definition) is 4. The number of rotatable bonds is 3. The van der Waals surface area contributed by atoms with Crippen LogP contribution in [0.2, 0.25) is 0 Å². The molecule has 0 radical (unpaired) electrons. The molecule has 0 bridgehead atoms. The molecule has 1 aromatic rings. The number of anilines is 2. The molecule has 1 aliphatic rings. The number of nitrogens with zero attached hydrogens (tertiary/aromatic N) is 2. The van der Waals surface area contributed by atoms with E-state index in [-0.39, 0.29) is 11.2 Å². The summed E-state index contributed by atoms with van der Waals surface area (Å²) in [6.45, 7) is 8.25. The van der Waals surface area contributed by atoms with Crippen molar-refractivity contribution in [1.82, 2.24) is 4.31 Å². The van der Waals surface area contributed by atoms with Crippen molar-refractivity contribution < 1.29 is 8.42 Å². The van der Waals surface area contributed by atoms with Crippen LogP contribution < -0.4 is 10.6 Å². The first kappa shape index (κ1) is 16.1. The second-order valence-corrected chi connectivity index (χ2v) is 8.73. The molecular weight excluding hydrogens is 286 g/mol. The van der Waals surface area contributed by atoms with Gasteiger partial charge in [-0.2, -0.15) is 4.31 Å². The summed E-state index contributed by atoms with van der Waals surface area (Å²) in [6, 6.07) is 7.71. The van der Waals surface area contributed by atoms with Gasteiger partial charge in [0.15, 0.2) is 0 Å². The first-order valence-corrected chi connectivity index (χ1v) is 8.87. The van der Waals surface area contributed by atoms with Crippen molar-refractivity contribution in [2.24, 2.45) is 5.41 Å². The number of nitrogens with two attached hydrogens (primary N) is 1. The van der Waals surface area contributed by atoms with E-state index in [1.807, 2.05) is 45.0 Å². The van der Waals surface area contributed by atoms with E-state index in [4.69, 9.17) is 5.73 Å². The summed E-state index contributed by atoms with van der Waals surface area (Å²) in [7, 11) is -3.18. The smallest absolute Gasteiger partial charge is 0.214 e. The Labute approximate surface area is 127 Å². The van der Waals surface area contributed by atoms with E-state index in [0.29, 0.717) is 26.2 Å². The van der Waals surface area contributed by atoms with E-state index in [2.05, 4.69) is 4.90 Å². The van der Waals surface area contributed by atoms with Crippen molar-refractivity contribution in [3.05, 3.63) is 24.3 Å². The van der Waals surface area contributed by atoms with Crippen LogP contribution in [0.15, 0.2) is 24.3 Å². The number of hydrogen-bond donors (Lipinski definition) is 1. The van der Waals surface area contributed by atoms with Crippen LogP contribution in [0.3, 0.4) is 0 Å². The SMILES string of the molecule is CC(C)(C)CS(=O)(=O)N1CCN(c2ccccc2N)CC1. The lowest BCUT2D eigenvalue weighted by molar-refractivity contribution is 0.369. The second kappa shape index (κ2) is 5.85. The predicted octanol–water partition coefficient (Wildman–Crippen LogP) is 1.77. The molecule has 5 nitrogen and oxygen atoms in total. The molecule has 1 saturated heterocycles. The number of benzene rings is 1. The fraction of sp³-hybridized carbons (Fsp3) is 0.600. The third kappa shape index (κ3) is 4.11. The minimum absolute atomic E-state index is 0.188. The van der Waals surface area contributed by atoms with Crippen LogP contribution in [0.25, 0.3) is 0 Å². The van der Waals surface area contributed by atoms with E-state index in [0.717, 1.165) is 11.4 Å². The molecule has 0 atom stereocenters. The van der Waals surface area contributed by atoms with Gasteiger partial charge in [0.1, 0.15) is 0 Å². The van der Waals surface area contributed by atoms with Gasteiger partial charge in [-0.1, -0.05) is 32.9 Å². The van der Waals surface area contributed by atoms with Gasteiger partial charge in [-0.15, -0.1) is 0 Å². The lowest BCUT2D eigenvalue weighted by Gasteiger charge is -2.36. The molecule has 2 rings (SSSR count). The molecule has 0 amide bonds. The summed E-state index contributed by atoms with van der Waals surface area (Å²) in [4.78, 5) is 2.15. The number of sulfonamides is 1. The van der Waals surface area contributed by atoms with Crippen LogP contribution in [0.1, 0.15) is 20.8 Å². The molecule has 0 aromatic heterocycles. The van der Waals surface area contributed by atoms with Gasteiger partial charge in [0.25, 0.3) is 0 Å². The van der Waals surface area contributed by atoms with Crippen LogP contribution >= 0.6 is 0 Å². The van der Waals surface area contributed by atoms with E-state index >= 15 is 0 Å². The van der Waals surface area contributed by atoms with E-state index in [9.17, 15) is 8.42 Å². The minimum atomic E-state index is -3.18. The highest BCUT2D eigenvalue weighted by Crippen LogP contribution is 2.25. The van der Waals surface area contributed by atoms with Crippen molar-refractivity contribution in [3.8, 4) is 0 Å². The van der Waals surface area contributed by atoms with Crippen LogP contribution in [0.4, 0.5) is 11.4 Å². The molecule has 21 heavy (non-hydrogen) atoms. The highest BCUT2D eigenvalue weighted by molar-refractivity contribution is 7.89. The first-order chi connectivity index (χ1) is 9.69. The average molecular weight is 311 g/mol. The Morgan fingerprint density at radius 1 is 1.10 bits per heavy atom. The zero-order chi connectivity index (χ0) is 15.7. The lowest BCUT2D eigenvalue weighted by atomic mass is 10.0. The summed E-state index contributed by atoms with van der Waals surface area (Å²) >= 11 is 0. The normalized spacial score (nSPS) is 18.0. The third-order valence-corrected chi connectivity index (χ3v) is 5.91. The van der Waals surface area contributed by atoms with Crippen molar-refractivity contribution in [2.75, 3.05) is 42.6 Å². The quantitative estimate of drug-likeness (QED) is 0.864. The molecule has 0 unspecified atom stereocenters. The molecule has 1 fully saturated rings. The molecule has 0 aliphatic carbocycles. The largest absolute Gasteiger partial charge is 0.397 e. The van der Waals surface area contributed by atoms with Crippen molar-refractivity contribution in [1.29, 1.82) is 0 Å². The zero-order valence-corrected chi connectivity index (χ0v) is 13.9. The number of para-hydroxylation sites is 2. The second-order valence-electron chi connectivity index (χ2n) is 6.76. The Morgan fingerprint density at radius 3 is 2.19 bits per heavy atom. The van der Waals surface area contributed by atoms with Crippen LogP contribution in [-0.2, 0) is 10.0 Å². The maximum Gasteiger partial charge on any atom is 0.214 e. The highest BCUT2D eigenvalue weighted by Gasteiger charge is 2.31. The Bertz CT molecular complexity index is 585. The van der Waals surface area contributed by atoms with Gasteiger partial charge in [0.05, 0.1) is 17.1 Å². The summed E-state index contributed by atoms with van der Waals surface area (Å²) < 4.78 is 26.4. The van der Waals surface area contributed by atoms with Gasteiger partial charge >= 0.3 is 0 Å². The Kier molecular flexibility index (Phi) is 4.49. The summed E-state index contributed by atoms with van der Waals surface area (Å²) in [5, 5.41) is 0. The fourth-order valence-electron chi connectivity index (χ4n) is 2.62. The Morgan fingerprint density at radius 2 is 1.67 bits per heavy atom. The van der Waals surface area contributed by atoms with Gasteiger partial charge in [-0.3, -0.25) is 0 Å². The van der Waals surface area contributed by atoms with Crippen molar-refractivity contribution in [3.63, 3.8) is 0 Å². The van der Waals surface area contributed by atoms with Crippen LogP contribution in [0, 0.1) is 5.41 Å². The van der Waals surface area contributed by atoms with E-state index in [1.165, 1.54) is 0 Å². The zero-order valence-electron chi connectivity index (χ0n) is 13.0. The topological polar surface area (TPSA) is 66.6 Å².